The molecule has 0 aliphatic carbocycles. The van der Waals surface area contributed by atoms with Crippen LogP contribution in [0.15, 0.2) is 41.4 Å². The number of carbonyl (C=O) groups is 3. The average molecular weight is 380 g/mol. The Hall–Kier alpha value is -2.16. The number of benzene rings is 1. The molecular weight excluding hydrogens is 370 g/mol. The van der Waals surface area contributed by atoms with Gasteiger partial charge < -0.3 is 0 Å². The zero-order chi connectivity index (χ0) is 17.1. The van der Waals surface area contributed by atoms with Crippen molar-refractivity contribution in [3.63, 3.8) is 0 Å². The SMILES string of the molecule is O=C(/C=C1\SC(=O)NC1=O)Nc1ncc(Cc2ccc(Cl)cc2)s1. The number of hydrogen-bond donors (Lipinski definition) is 2. The molecule has 1 aromatic heterocycles. The summed E-state index contributed by atoms with van der Waals surface area (Å²) in [5, 5.41) is 5.29. The van der Waals surface area contributed by atoms with E-state index in [4.69, 9.17) is 11.6 Å². The van der Waals surface area contributed by atoms with Crippen LogP contribution in [0.2, 0.25) is 5.02 Å². The van der Waals surface area contributed by atoms with Crippen molar-refractivity contribution >= 4 is 56.9 Å². The quantitative estimate of drug-likeness (QED) is 0.796. The Bertz CT molecular complexity index is 846. The van der Waals surface area contributed by atoms with Crippen LogP contribution in [-0.2, 0) is 16.0 Å². The number of thiazole rings is 1. The maximum absolute atomic E-state index is 11.9. The molecule has 6 nitrogen and oxygen atoms in total. The fourth-order valence-electron chi connectivity index (χ4n) is 1.93. The summed E-state index contributed by atoms with van der Waals surface area (Å²) in [5.74, 6) is -1.07. The lowest BCUT2D eigenvalue weighted by molar-refractivity contribution is -0.116. The smallest absolute Gasteiger partial charge is 0.290 e. The summed E-state index contributed by atoms with van der Waals surface area (Å²) in [4.78, 5) is 39.5. The molecule has 1 aliphatic heterocycles. The highest BCUT2D eigenvalue weighted by atomic mass is 35.5. The van der Waals surface area contributed by atoms with E-state index in [1.165, 1.54) is 11.3 Å². The second-order valence-corrected chi connectivity index (χ2v) is 7.34. The van der Waals surface area contributed by atoms with Crippen LogP contribution in [0.4, 0.5) is 9.93 Å². The molecule has 2 aromatic rings. The van der Waals surface area contributed by atoms with Crippen molar-refractivity contribution in [2.45, 2.75) is 6.42 Å². The van der Waals surface area contributed by atoms with E-state index in [1.54, 1.807) is 6.20 Å². The van der Waals surface area contributed by atoms with Crippen molar-refractivity contribution in [1.82, 2.24) is 10.3 Å². The Labute approximate surface area is 150 Å². The number of anilines is 1. The highest BCUT2D eigenvalue weighted by Gasteiger charge is 2.26. The lowest BCUT2D eigenvalue weighted by atomic mass is 10.1. The van der Waals surface area contributed by atoms with Crippen LogP contribution in [0.25, 0.3) is 0 Å². The van der Waals surface area contributed by atoms with E-state index in [0.29, 0.717) is 28.3 Å². The number of hydrogen-bond acceptors (Lipinski definition) is 6. The lowest BCUT2D eigenvalue weighted by Crippen LogP contribution is -2.18. The van der Waals surface area contributed by atoms with E-state index in [1.807, 2.05) is 24.3 Å². The molecule has 1 saturated heterocycles. The number of rotatable bonds is 4. The van der Waals surface area contributed by atoms with Gasteiger partial charge in [-0.2, -0.15) is 0 Å². The number of carbonyl (C=O) groups excluding carboxylic acids is 3. The van der Waals surface area contributed by atoms with Gasteiger partial charge in [-0.25, -0.2) is 4.98 Å². The zero-order valence-corrected chi connectivity index (χ0v) is 14.4. The number of thioether (sulfide) groups is 1. The Morgan fingerprint density at radius 2 is 2.04 bits per heavy atom. The normalized spacial score (nSPS) is 15.6. The Morgan fingerprint density at radius 1 is 1.29 bits per heavy atom. The van der Waals surface area contributed by atoms with Gasteiger partial charge in [0.15, 0.2) is 5.13 Å². The second-order valence-electron chi connectivity index (χ2n) is 4.78. The first-order chi connectivity index (χ1) is 11.5. The summed E-state index contributed by atoms with van der Waals surface area (Å²) in [7, 11) is 0. The monoisotopic (exact) mass is 379 g/mol. The molecule has 24 heavy (non-hydrogen) atoms. The van der Waals surface area contributed by atoms with E-state index in [9.17, 15) is 14.4 Å². The highest BCUT2D eigenvalue weighted by Crippen LogP contribution is 2.24. The van der Waals surface area contributed by atoms with Crippen LogP contribution in [0, 0.1) is 0 Å². The van der Waals surface area contributed by atoms with E-state index in [0.717, 1.165) is 16.5 Å². The Morgan fingerprint density at radius 3 is 2.71 bits per heavy atom. The molecule has 9 heteroatoms. The Kier molecular flexibility index (Phi) is 4.98. The van der Waals surface area contributed by atoms with Crippen molar-refractivity contribution in [2.24, 2.45) is 0 Å². The summed E-state index contributed by atoms with van der Waals surface area (Å²) < 4.78 is 0. The van der Waals surface area contributed by atoms with Gasteiger partial charge in [0.05, 0.1) is 4.91 Å². The molecule has 0 atom stereocenters. The van der Waals surface area contributed by atoms with Gasteiger partial charge in [0, 0.05) is 28.6 Å². The maximum Gasteiger partial charge on any atom is 0.290 e. The van der Waals surface area contributed by atoms with Gasteiger partial charge in [0.1, 0.15) is 0 Å². The third-order valence-corrected chi connectivity index (χ3v) is 4.95. The summed E-state index contributed by atoms with van der Waals surface area (Å²) in [6, 6.07) is 7.49. The van der Waals surface area contributed by atoms with E-state index >= 15 is 0 Å². The maximum atomic E-state index is 11.9. The van der Waals surface area contributed by atoms with Crippen LogP contribution >= 0.6 is 34.7 Å². The highest BCUT2D eigenvalue weighted by molar-refractivity contribution is 8.18. The van der Waals surface area contributed by atoms with E-state index < -0.39 is 17.1 Å². The van der Waals surface area contributed by atoms with Crippen molar-refractivity contribution < 1.29 is 14.4 Å². The summed E-state index contributed by atoms with van der Waals surface area (Å²) >= 11 is 7.88. The predicted octanol–water partition coefficient (Wildman–Crippen LogP) is 3.19. The van der Waals surface area contributed by atoms with Gasteiger partial charge in [0.2, 0.25) is 0 Å². The fourth-order valence-corrected chi connectivity index (χ4v) is 3.56. The van der Waals surface area contributed by atoms with Crippen molar-refractivity contribution in [3.8, 4) is 0 Å². The minimum atomic E-state index is -0.567. The second kappa shape index (κ2) is 7.16. The van der Waals surface area contributed by atoms with Gasteiger partial charge in [-0.15, -0.1) is 11.3 Å². The number of halogens is 1. The van der Waals surface area contributed by atoms with Gasteiger partial charge in [-0.3, -0.25) is 25.0 Å². The average Bonchev–Trinajstić information content (AvgIpc) is 3.08. The molecule has 3 rings (SSSR count). The van der Waals surface area contributed by atoms with Crippen LogP contribution in [0.1, 0.15) is 10.4 Å². The minimum absolute atomic E-state index is 0.0652. The molecule has 0 saturated carbocycles. The molecule has 0 radical (unpaired) electrons. The topological polar surface area (TPSA) is 88.2 Å². The summed E-state index contributed by atoms with van der Waals surface area (Å²) in [5.41, 5.74) is 1.08. The number of aromatic nitrogens is 1. The first-order valence-electron chi connectivity index (χ1n) is 6.74. The van der Waals surface area contributed by atoms with Crippen molar-refractivity contribution in [3.05, 3.63) is 56.9 Å². The number of amides is 3. The third-order valence-electron chi connectivity index (χ3n) is 2.98. The van der Waals surface area contributed by atoms with Gasteiger partial charge in [-0.1, -0.05) is 23.7 Å². The van der Waals surface area contributed by atoms with Crippen LogP contribution in [-0.4, -0.2) is 22.0 Å². The fraction of sp³-hybridized carbons (Fsp3) is 0.0667. The molecular formula is C15H10ClN3O3S2. The summed E-state index contributed by atoms with van der Waals surface area (Å²) in [6.45, 7) is 0. The molecule has 1 aromatic carbocycles. The Balaban J connectivity index is 1.62. The van der Waals surface area contributed by atoms with E-state index in [2.05, 4.69) is 15.6 Å². The third kappa shape index (κ3) is 4.22. The van der Waals surface area contributed by atoms with Crippen molar-refractivity contribution in [2.75, 3.05) is 5.32 Å². The lowest BCUT2D eigenvalue weighted by Gasteiger charge is -1.98. The first-order valence-corrected chi connectivity index (χ1v) is 8.76. The van der Waals surface area contributed by atoms with Gasteiger partial charge >= 0.3 is 0 Å². The predicted molar refractivity (Wildman–Crippen MR) is 94.2 cm³/mol. The summed E-state index contributed by atoms with van der Waals surface area (Å²) in [6.07, 6.45) is 3.45. The van der Waals surface area contributed by atoms with Crippen LogP contribution < -0.4 is 10.6 Å². The van der Waals surface area contributed by atoms with Gasteiger partial charge in [-0.05, 0) is 29.5 Å². The number of nitrogens with one attached hydrogen (secondary N) is 2. The van der Waals surface area contributed by atoms with Crippen LogP contribution in [0.5, 0.6) is 0 Å². The molecule has 1 aliphatic rings. The molecule has 0 bridgehead atoms. The van der Waals surface area contributed by atoms with E-state index in [-0.39, 0.29) is 4.91 Å². The zero-order valence-electron chi connectivity index (χ0n) is 12.0. The molecule has 3 amide bonds. The minimum Gasteiger partial charge on any atom is -0.298 e. The molecule has 1 fully saturated rings. The largest absolute Gasteiger partial charge is 0.298 e. The van der Waals surface area contributed by atoms with Crippen LogP contribution in [0.3, 0.4) is 0 Å². The molecule has 0 unspecified atom stereocenters. The number of nitrogens with zero attached hydrogens (tertiary/aromatic N) is 1. The molecule has 122 valence electrons. The molecule has 2 heterocycles. The van der Waals surface area contributed by atoms with Crippen molar-refractivity contribution in [1.29, 1.82) is 0 Å². The number of imide groups is 1. The van der Waals surface area contributed by atoms with Gasteiger partial charge in [0.25, 0.3) is 17.1 Å². The standard InChI is InChI=1S/C15H10ClN3O3S2/c16-9-3-1-8(2-4-9)5-10-7-17-14(23-10)18-12(20)6-11-13(21)19-15(22)24-11/h1-4,6-7H,5H2,(H,17,18,20)(H,19,21,22)/b11-6-. The molecule has 0 spiro atoms. The molecule has 2 N–H and O–H groups in total. The first kappa shape index (κ1) is 16.7.